The first kappa shape index (κ1) is 14.6. The van der Waals surface area contributed by atoms with E-state index in [1.807, 2.05) is 11.8 Å². The lowest BCUT2D eigenvalue weighted by Gasteiger charge is -2.35. The molecule has 1 aliphatic carbocycles. The van der Waals surface area contributed by atoms with Gasteiger partial charge in [-0.15, -0.1) is 0 Å². The van der Waals surface area contributed by atoms with Crippen LogP contribution in [0.1, 0.15) is 40.0 Å². The van der Waals surface area contributed by atoms with Crippen LogP contribution >= 0.6 is 11.8 Å². The molecule has 0 bridgehead atoms. The number of amides is 1. The molecule has 17 heavy (non-hydrogen) atoms. The van der Waals surface area contributed by atoms with Gasteiger partial charge < -0.3 is 16.2 Å². The van der Waals surface area contributed by atoms with E-state index in [0.717, 1.165) is 25.0 Å². The highest BCUT2D eigenvalue weighted by Gasteiger charge is 2.29. The summed E-state index contributed by atoms with van der Waals surface area (Å²) in [6.07, 6.45) is 1.73. The minimum atomic E-state index is -0.923. The number of carboxylic acid groups (broad SMARTS) is 1. The van der Waals surface area contributed by atoms with Crippen molar-refractivity contribution in [2.45, 2.75) is 56.9 Å². The molecule has 0 aromatic heterocycles. The number of rotatable bonds is 3. The molecule has 1 amide bonds. The van der Waals surface area contributed by atoms with Crippen molar-refractivity contribution in [3.8, 4) is 0 Å². The second-order valence-electron chi connectivity index (χ2n) is 5.81. The van der Waals surface area contributed by atoms with Crippen molar-refractivity contribution >= 4 is 17.9 Å². The van der Waals surface area contributed by atoms with Crippen LogP contribution in [0.2, 0.25) is 0 Å². The normalized spacial score (nSPS) is 30.0. The highest BCUT2D eigenvalue weighted by molar-refractivity contribution is 8.00. The van der Waals surface area contributed by atoms with Gasteiger partial charge in [0.1, 0.15) is 0 Å². The van der Waals surface area contributed by atoms with E-state index < -0.39 is 6.09 Å². The Morgan fingerprint density at radius 3 is 2.65 bits per heavy atom. The Morgan fingerprint density at radius 1 is 1.47 bits per heavy atom. The highest BCUT2D eigenvalue weighted by Crippen LogP contribution is 2.31. The molecule has 0 unspecified atom stereocenters. The highest BCUT2D eigenvalue weighted by atomic mass is 32.2. The van der Waals surface area contributed by atoms with Gasteiger partial charge in [-0.1, -0.05) is 20.8 Å². The zero-order chi connectivity index (χ0) is 13.1. The van der Waals surface area contributed by atoms with E-state index in [-0.39, 0.29) is 16.8 Å². The topological polar surface area (TPSA) is 75.3 Å². The molecule has 5 heteroatoms. The predicted molar refractivity (Wildman–Crippen MR) is 72.5 cm³/mol. The minimum absolute atomic E-state index is 0.0814. The van der Waals surface area contributed by atoms with Crippen molar-refractivity contribution in [2.24, 2.45) is 11.7 Å². The molecule has 0 radical (unpaired) electrons. The number of carbonyl (C=O) groups is 1. The SMILES string of the molecule is CC(C)(C)SC[C@@H]1C[C@H](NC(=O)O)CC[C@@H]1N. The van der Waals surface area contributed by atoms with Crippen LogP contribution in [-0.4, -0.2) is 33.8 Å². The zero-order valence-electron chi connectivity index (χ0n) is 10.9. The van der Waals surface area contributed by atoms with Gasteiger partial charge in [0, 0.05) is 16.8 Å². The van der Waals surface area contributed by atoms with Gasteiger partial charge in [-0.25, -0.2) is 4.79 Å². The van der Waals surface area contributed by atoms with Crippen molar-refractivity contribution in [1.29, 1.82) is 0 Å². The third-order valence-electron chi connectivity index (χ3n) is 3.10. The lowest BCUT2D eigenvalue weighted by Crippen LogP contribution is -2.46. The molecule has 1 rings (SSSR count). The van der Waals surface area contributed by atoms with Gasteiger partial charge in [0.25, 0.3) is 0 Å². The molecule has 0 aliphatic heterocycles. The fraction of sp³-hybridized carbons (Fsp3) is 0.917. The minimum Gasteiger partial charge on any atom is -0.465 e. The number of hydrogen-bond acceptors (Lipinski definition) is 3. The molecule has 1 aliphatic rings. The monoisotopic (exact) mass is 260 g/mol. The van der Waals surface area contributed by atoms with E-state index in [1.54, 1.807) is 0 Å². The maximum Gasteiger partial charge on any atom is 0.404 e. The molecular weight excluding hydrogens is 236 g/mol. The number of hydrogen-bond donors (Lipinski definition) is 3. The summed E-state index contributed by atoms with van der Waals surface area (Å²) in [4.78, 5) is 10.6. The first-order valence-corrected chi connectivity index (χ1v) is 7.15. The maximum atomic E-state index is 10.6. The lowest BCUT2D eigenvalue weighted by molar-refractivity contribution is 0.180. The van der Waals surface area contributed by atoms with Gasteiger partial charge in [0.2, 0.25) is 0 Å². The molecule has 4 N–H and O–H groups in total. The summed E-state index contributed by atoms with van der Waals surface area (Å²) in [7, 11) is 0. The third kappa shape index (κ3) is 5.64. The van der Waals surface area contributed by atoms with Crippen LogP contribution < -0.4 is 11.1 Å². The smallest absolute Gasteiger partial charge is 0.404 e. The quantitative estimate of drug-likeness (QED) is 0.727. The van der Waals surface area contributed by atoms with E-state index in [0.29, 0.717) is 5.92 Å². The molecule has 0 spiro atoms. The summed E-state index contributed by atoms with van der Waals surface area (Å²) < 4.78 is 0.243. The maximum absolute atomic E-state index is 10.6. The second-order valence-corrected chi connectivity index (χ2v) is 7.65. The van der Waals surface area contributed by atoms with Crippen LogP contribution in [0.4, 0.5) is 4.79 Å². The van der Waals surface area contributed by atoms with Crippen LogP contribution in [0.5, 0.6) is 0 Å². The van der Waals surface area contributed by atoms with Crippen LogP contribution in [0, 0.1) is 5.92 Å². The van der Waals surface area contributed by atoms with Crippen molar-refractivity contribution < 1.29 is 9.90 Å². The van der Waals surface area contributed by atoms with Crippen molar-refractivity contribution in [1.82, 2.24) is 5.32 Å². The summed E-state index contributed by atoms with van der Waals surface area (Å²) in [5.74, 6) is 1.44. The Morgan fingerprint density at radius 2 is 2.12 bits per heavy atom. The Bertz CT molecular complexity index is 266. The van der Waals surface area contributed by atoms with Crippen molar-refractivity contribution in [2.75, 3.05) is 5.75 Å². The summed E-state index contributed by atoms with van der Waals surface area (Å²) in [6.45, 7) is 6.58. The van der Waals surface area contributed by atoms with Crippen molar-refractivity contribution in [3.05, 3.63) is 0 Å². The summed E-state index contributed by atoms with van der Waals surface area (Å²) in [5, 5.41) is 11.3. The first-order valence-electron chi connectivity index (χ1n) is 6.17. The Labute approximate surface area is 108 Å². The van der Waals surface area contributed by atoms with Gasteiger partial charge >= 0.3 is 6.09 Å². The van der Waals surface area contributed by atoms with E-state index in [9.17, 15) is 4.79 Å². The molecule has 0 saturated heterocycles. The van der Waals surface area contributed by atoms with E-state index in [1.165, 1.54) is 0 Å². The summed E-state index contributed by atoms with van der Waals surface area (Å²) in [6, 6.07) is 0.301. The molecule has 0 heterocycles. The Balaban J connectivity index is 2.43. The van der Waals surface area contributed by atoms with Gasteiger partial charge in [0.15, 0.2) is 0 Å². The van der Waals surface area contributed by atoms with Gasteiger partial charge in [0.05, 0.1) is 0 Å². The van der Waals surface area contributed by atoms with Crippen LogP contribution in [0.3, 0.4) is 0 Å². The van der Waals surface area contributed by atoms with E-state index >= 15 is 0 Å². The fourth-order valence-electron chi connectivity index (χ4n) is 2.14. The standard InChI is InChI=1S/C12H24N2O2S/c1-12(2,3)17-7-8-6-9(14-11(15)16)4-5-10(8)13/h8-10,14H,4-7,13H2,1-3H3,(H,15,16)/t8-,9+,10-/m0/s1. The first-order chi connectivity index (χ1) is 7.78. The summed E-state index contributed by atoms with van der Waals surface area (Å²) in [5.41, 5.74) is 6.11. The van der Waals surface area contributed by atoms with Gasteiger partial charge in [-0.3, -0.25) is 0 Å². The van der Waals surface area contributed by atoms with Crippen LogP contribution in [0.15, 0.2) is 0 Å². The second kappa shape index (κ2) is 5.96. The van der Waals surface area contributed by atoms with Crippen LogP contribution in [-0.2, 0) is 0 Å². The molecule has 1 saturated carbocycles. The van der Waals surface area contributed by atoms with Gasteiger partial charge in [-0.2, -0.15) is 11.8 Å². The predicted octanol–water partition coefficient (Wildman–Crippen LogP) is 2.28. The number of nitrogens with one attached hydrogen (secondary N) is 1. The van der Waals surface area contributed by atoms with Crippen molar-refractivity contribution in [3.63, 3.8) is 0 Å². The van der Waals surface area contributed by atoms with Crippen LogP contribution in [0.25, 0.3) is 0 Å². The number of thioether (sulfide) groups is 1. The molecule has 3 atom stereocenters. The average Bonchev–Trinajstić information content (AvgIpc) is 2.17. The molecule has 100 valence electrons. The zero-order valence-corrected chi connectivity index (χ0v) is 11.7. The van der Waals surface area contributed by atoms with E-state index in [4.69, 9.17) is 10.8 Å². The molecule has 0 aromatic rings. The van der Waals surface area contributed by atoms with E-state index in [2.05, 4.69) is 26.1 Å². The molecule has 0 aromatic carbocycles. The lowest BCUT2D eigenvalue weighted by atomic mass is 9.83. The van der Waals surface area contributed by atoms with Gasteiger partial charge in [-0.05, 0) is 30.9 Å². The fourth-order valence-corrected chi connectivity index (χ4v) is 3.24. The third-order valence-corrected chi connectivity index (χ3v) is 4.56. The Kier molecular flexibility index (Phi) is 5.13. The average molecular weight is 260 g/mol. The molecule has 4 nitrogen and oxygen atoms in total. The largest absolute Gasteiger partial charge is 0.465 e. The number of nitrogens with two attached hydrogens (primary N) is 1. The Hall–Kier alpha value is -0.420. The summed E-state index contributed by atoms with van der Waals surface area (Å²) >= 11 is 1.91. The molecular formula is C12H24N2O2S. The molecule has 1 fully saturated rings.